The third-order valence-corrected chi connectivity index (χ3v) is 7.35. The molecule has 3 aliphatic rings. The van der Waals surface area contributed by atoms with Crippen LogP contribution in [-0.2, 0) is 6.54 Å². The van der Waals surface area contributed by atoms with Gasteiger partial charge in [-0.3, -0.25) is 15.9 Å². The van der Waals surface area contributed by atoms with E-state index in [1.165, 1.54) is 34.9 Å². The summed E-state index contributed by atoms with van der Waals surface area (Å²) in [5.41, 5.74) is 37.2. The van der Waals surface area contributed by atoms with Gasteiger partial charge in [-0.05, 0) is 37.8 Å². The SMILES string of the molecule is Cl.Cl.N=C1C(=Nc2nc(N3CCCC3)c(N)cc2N)C=NN1CCO.Nc1cnc(N2CCCC2)c(N)c1.Nc1cnn(CCO)c1N.OO. The molecule has 0 saturated carbocycles. The number of rotatable bonds is 7. The van der Waals surface area contributed by atoms with Gasteiger partial charge in [0, 0.05) is 26.2 Å². The van der Waals surface area contributed by atoms with Gasteiger partial charge in [-0.15, -0.1) is 24.8 Å². The van der Waals surface area contributed by atoms with Crippen molar-refractivity contribution in [1.29, 1.82) is 5.41 Å². The topological polar surface area (TPSA) is 339 Å². The number of aromatic nitrogens is 4. The fourth-order valence-electron chi connectivity index (χ4n) is 5.00. The van der Waals surface area contributed by atoms with Crippen molar-refractivity contribution in [1.82, 2.24) is 24.8 Å². The van der Waals surface area contributed by atoms with Crippen molar-refractivity contribution in [2.45, 2.75) is 32.2 Å². The third-order valence-electron chi connectivity index (χ3n) is 7.35. The summed E-state index contributed by atoms with van der Waals surface area (Å²) in [7, 11) is 0. The van der Waals surface area contributed by atoms with E-state index in [-0.39, 0.29) is 50.4 Å². The molecule has 0 aliphatic carbocycles. The van der Waals surface area contributed by atoms with Gasteiger partial charge >= 0.3 is 0 Å². The van der Waals surface area contributed by atoms with E-state index in [0.717, 1.165) is 44.8 Å². The largest absolute Gasteiger partial charge is 0.397 e. The Bertz CT molecular complexity index is 1560. The fraction of sp³-hybridized carbons (Fsp3) is 0.429. The van der Waals surface area contributed by atoms with Gasteiger partial charge in [0.1, 0.15) is 11.5 Å². The Labute approximate surface area is 301 Å². The number of halogens is 2. The van der Waals surface area contributed by atoms with Crippen molar-refractivity contribution < 1.29 is 20.7 Å². The Kier molecular flexibility index (Phi) is 18.4. The summed E-state index contributed by atoms with van der Waals surface area (Å²) in [6.45, 7) is 4.51. The molecule has 17 N–H and O–H groups in total. The average Bonchev–Trinajstić information content (AvgIpc) is 3.90. The molecule has 0 radical (unpaired) electrons. The van der Waals surface area contributed by atoms with E-state index in [2.05, 4.69) is 35.0 Å². The second kappa shape index (κ2) is 21.3. The minimum atomic E-state index is -0.0889. The van der Waals surface area contributed by atoms with Crippen LogP contribution in [0.3, 0.4) is 0 Å². The molecule has 6 rings (SSSR count). The second-order valence-corrected chi connectivity index (χ2v) is 10.8. The minimum Gasteiger partial charge on any atom is -0.397 e. The van der Waals surface area contributed by atoms with Gasteiger partial charge in [0.25, 0.3) is 0 Å². The highest BCUT2D eigenvalue weighted by Gasteiger charge is 2.22. The number of nitrogens with one attached hydrogen (secondary N) is 1. The van der Waals surface area contributed by atoms with E-state index in [1.807, 2.05) is 0 Å². The number of hydrogen-bond acceptors (Lipinski definition) is 18. The molecule has 278 valence electrons. The third kappa shape index (κ3) is 11.4. The average molecular weight is 744 g/mol. The first kappa shape index (κ1) is 43.2. The van der Waals surface area contributed by atoms with Crippen LogP contribution in [0.4, 0.5) is 51.7 Å². The summed E-state index contributed by atoms with van der Waals surface area (Å²) in [5, 5.41) is 46.7. The van der Waals surface area contributed by atoms with E-state index in [4.69, 9.17) is 60.5 Å². The lowest BCUT2D eigenvalue weighted by atomic mass is 10.3. The van der Waals surface area contributed by atoms with Crippen molar-refractivity contribution in [3.05, 3.63) is 24.5 Å². The highest BCUT2D eigenvalue weighted by atomic mass is 35.5. The lowest BCUT2D eigenvalue weighted by Crippen LogP contribution is -2.28. The maximum absolute atomic E-state index is 8.95. The predicted molar refractivity (Wildman–Crippen MR) is 204 cm³/mol. The zero-order chi connectivity index (χ0) is 35.2. The van der Waals surface area contributed by atoms with Crippen LogP contribution in [0.5, 0.6) is 0 Å². The first-order chi connectivity index (χ1) is 23.1. The molecular formula is C28H48Cl2N16O4. The molecular weight excluding hydrogens is 695 g/mol. The molecule has 0 bridgehead atoms. The Morgan fingerprint density at radius 2 is 1.30 bits per heavy atom. The molecule has 20 nitrogen and oxygen atoms in total. The van der Waals surface area contributed by atoms with Gasteiger partial charge < -0.3 is 54.4 Å². The molecule has 3 aromatic heterocycles. The second-order valence-electron chi connectivity index (χ2n) is 10.8. The number of hydrazone groups is 1. The molecule has 2 fully saturated rings. The summed E-state index contributed by atoms with van der Waals surface area (Å²) >= 11 is 0. The summed E-state index contributed by atoms with van der Waals surface area (Å²) in [6, 6.07) is 3.42. The molecule has 50 heavy (non-hydrogen) atoms. The number of nitrogen functional groups attached to an aromatic ring is 6. The Morgan fingerprint density at radius 3 is 1.82 bits per heavy atom. The normalized spacial score (nSPS) is 15.3. The van der Waals surface area contributed by atoms with Crippen LogP contribution >= 0.6 is 24.8 Å². The van der Waals surface area contributed by atoms with Crippen LogP contribution < -0.4 is 44.2 Å². The van der Waals surface area contributed by atoms with Crippen LogP contribution in [0, 0.1) is 5.41 Å². The highest BCUT2D eigenvalue weighted by molar-refractivity contribution is 6.63. The van der Waals surface area contributed by atoms with Crippen LogP contribution in [-0.4, -0.2) is 109 Å². The van der Waals surface area contributed by atoms with E-state index in [9.17, 15) is 0 Å². The Hall–Kier alpha value is -4.86. The summed E-state index contributed by atoms with van der Waals surface area (Å²) < 4.78 is 1.45. The number of aliphatic hydroxyl groups is 2. The van der Waals surface area contributed by atoms with Crippen molar-refractivity contribution in [2.75, 3.05) is 90.1 Å². The van der Waals surface area contributed by atoms with Gasteiger partial charge in [0.2, 0.25) is 0 Å². The van der Waals surface area contributed by atoms with Gasteiger partial charge in [-0.25, -0.2) is 24.7 Å². The molecule has 0 aromatic carbocycles. The maximum atomic E-state index is 8.95. The number of hydrogen-bond donors (Lipinski definition) is 11. The molecule has 3 aliphatic heterocycles. The van der Waals surface area contributed by atoms with E-state index in [0.29, 0.717) is 58.1 Å². The number of anilines is 8. The molecule has 22 heteroatoms. The zero-order valence-corrected chi connectivity index (χ0v) is 29.1. The lowest BCUT2D eigenvalue weighted by Gasteiger charge is -2.19. The lowest BCUT2D eigenvalue weighted by molar-refractivity contribution is -0.176. The quantitative estimate of drug-likeness (QED) is 0.118. The number of aliphatic hydroxyl groups excluding tert-OH is 2. The molecule has 0 atom stereocenters. The van der Waals surface area contributed by atoms with E-state index >= 15 is 0 Å². The molecule has 3 aromatic rings. The number of nitrogens with two attached hydrogens (primary N) is 6. The smallest absolute Gasteiger partial charge is 0.178 e. The number of aliphatic imine (C=N–C) groups is 1. The maximum Gasteiger partial charge on any atom is 0.178 e. The fourth-order valence-corrected chi connectivity index (χ4v) is 5.00. The molecule has 0 amide bonds. The van der Waals surface area contributed by atoms with Crippen LogP contribution in [0.25, 0.3) is 0 Å². The predicted octanol–water partition coefficient (Wildman–Crippen LogP) is 0.937. The number of amidine groups is 1. The molecule has 6 heterocycles. The van der Waals surface area contributed by atoms with Crippen LogP contribution in [0.1, 0.15) is 25.7 Å². The first-order valence-corrected chi connectivity index (χ1v) is 15.2. The molecule has 2 saturated heterocycles. The van der Waals surface area contributed by atoms with Gasteiger partial charge in [-0.1, -0.05) is 0 Å². The van der Waals surface area contributed by atoms with Crippen molar-refractivity contribution in [3.63, 3.8) is 0 Å². The van der Waals surface area contributed by atoms with Crippen molar-refractivity contribution in [3.8, 4) is 0 Å². The van der Waals surface area contributed by atoms with E-state index in [1.54, 1.807) is 18.3 Å². The van der Waals surface area contributed by atoms with Crippen LogP contribution in [0.2, 0.25) is 0 Å². The zero-order valence-electron chi connectivity index (χ0n) is 27.5. The number of β-amino-alcohol motifs (C(OH)–C–C–N with tert-alkyl or cyclic N) is 1. The van der Waals surface area contributed by atoms with Crippen molar-refractivity contribution in [2.24, 2.45) is 10.1 Å². The van der Waals surface area contributed by atoms with Gasteiger partial charge in [-0.2, -0.15) is 10.2 Å². The van der Waals surface area contributed by atoms with E-state index < -0.39 is 0 Å². The van der Waals surface area contributed by atoms with Crippen LogP contribution in [0.15, 0.2) is 34.6 Å². The molecule has 0 unspecified atom stereocenters. The number of pyridine rings is 2. The Balaban J connectivity index is 0.000000394. The number of nitrogens with zero attached hydrogens (tertiary/aromatic N) is 9. The minimum absolute atomic E-state index is 0. The standard InChI is InChI=1S/C14H20N8O.C9H14N4.C5H10N4O.2ClH.H2O2/c15-9-7-10(16)14(21-3-1-2-4-21)20-13(9)19-11-8-18-22(5-6-23)12(11)17;10-7-5-8(11)9(12-6-7)13-3-1-2-4-13;6-4-3-8-9(1-2-10)5(4)7;;;1-2/h7-8,17,23H,1-6,15-16H2;5-6H,1-4,10-11H2;3,10H,1-2,6-7H2;2*1H;1-2H. The monoisotopic (exact) mass is 742 g/mol. The summed E-state index contributed by atoms with van der Waals surface area (Å²) in [6.07, 6.45) is 9.27. The van der Waals surface area contributed by atoms with Crippen molar-refractivity contribution >= 4 is 94.3 Å². The van der Waals surface area contributed by atoms with Gasteiger partial charge in [0.15, 0.2) is 23.3 Å². The summed E-state index contributed by atoms with van der Waals surface area (Å²) in [5.74, 6) is 2.42. The highest BCUT2D eigenvalue weighted by Crippen LogP contribution is 2.32. The van der Waals surface area contributed by atoms with Gasteiger partial charge in [0.05, 0.1) is 73.3 Å². The first-order valence-electron chi connectivity index (χ1n) is 15.2. The molecule has 0 spiro atoms. The Morgan fingerprint density at radius 1 is 0.740 bits per heavy atom. The summed E-state index contributed by atoms with van der Waals surface area (Å²) in [4.78, 5) is 17.4.